The summed E-state index contributed by atoms with van der Waals surface area (Å²) >= 11 is 0. The Labute approximate surface area is 143 Å². The molecule has 1 heterocycles. The van der Waals surface area contributed by atoms with Gasteiger partial charge in [-0.15, -0.1) is 6.58 Å². The first kappa shape index (κ1) is 17.8. The normalized spacial score (nSPS) is 16.0. The number of carbonyl (C=O) groups is 2. The smallest absolute Gasteiger partial charge is 0.329 e. The maximum atomic E-state index is 12.3. The number of aryl methyl sites for hydroxylation is 1. The van der Waals surface area contributed by atoms with Crippen LogP contribution in [0.25, 0.3) is 6.08 Å². The van der Waals surface area contributed by atoms with E-state index >= 15 is 0 Å². The summed E-state index contributed by atoms with van der Waals surface area (Å²) in [6, 6.07) is 3.58. The Kier molecular flexibility index (Phi) is 5.44. The minimum Gasteiger partial charge on any atom is -0.494 e. The van der Waals surface area contributed by atoms with E-state index in [-0.39, 0.29) is 24.1 Å². The number of hydrogen-bond donors (Lipinski definition) is 1. The number of urea groups is 1. The van der Waals surface area contributed by atoms with Crippen LogP contribution in [0.4, 0.5) is 4.79 Å². The Balaban J connectivity index is 2.42. The van der Waals surface area contributed by atoms with Gasteiger partial charge < -0.3 is 10.1 Å². The highest BCUT2D eigenvalue weighted by Crippen LogP contribution is 2.31. The summed E-state index contributed by atoms with van der Waals surface area (Å²) in [6.07, 6.45) is 3.25. The zero-order valence-corrected chi connectivity index (χ0v) is 14.7. The van der Waals surface area contributed by atoms with Crippen LogP contribution < -0.4 is 10.1 Å². The van der Waals surface area contributed by atoms with Crippen molar-refractivity contribution in [2.24, 2.45) is 0 Å². The highest BCUT2D eigenvalue weighted by molar-refractivity contribution is 6.14. The molecule has 0 spiro atoms. The minimum absolute atomic E-state index is 0.196. The van der Waals surface area contributed by atoms with E-state index in [4.69, 9.17) is 4.74 Å². The van der Waals surface area contributed by atoms with Crippen molar-refractivity contribution in [1.29, 1.82) is 0 Å². The van der Waals surface area contributed by atoms with Gasteiger partial charge in [0.05, 0.1) is 6.61 Å². The van der Waals surface area contributed by atoms with Crippen LogP contribution in [0.1, 0.15) is 43.4 Å². The van der Waals surface area contributed by atoms with Gasteiger partial charge in [0.1, 0.15) is 11.4 Å². The molecule has 0 bridgehead atoms. The molecule has 1 saturated heterocycles. The van der Waals surface area contributed by atoms with Crippen LogP contribution >= 0.6 is 0 Å². The summed E-state index contributed by atoms with van der Waals surface area (Å²) in [7, 11) is 0. The van der Waals surface area contributed by atoms with Crippen molar-refractivity contribution in [2.75, 3.05) is 13.2 Å². The van der Waals surface area contributed by atoms with Gasteiger partial charge in [0.15, 0.2) is 0 Å². The average Bonchev–Trinajstić information content (AvgIpc) is 2.78. The molecule has 0 atom stereocenters. The first-order chi connectivity index (χ1) is 11.4. The number of ether oxygens (including phenoxy) is 1. The molecule has 5 heteroatoms. The van der Waals surface area contributed by atoms with Gasteiger partial charge in [-0.25, -0.2) is 4.79 Å². The zero-order valence-electron chi connectivity index (χ0n) is 14.7. The molecule has 5 nitrogen and oxygen atoms in total. The van der Waals surface area contributed by atoms with Crippen LogP contribution in [0.2, 0.25) is 0 Å². The Bertz CT molecular complexity index is 705. The predicted octanol–water partition coefficient (Wildman–Crippen LogP) is 3.60. The van der Waals surface area contributed by atoms with E-state index in [0.717, 1.165) is 27.3 Å². The zero-order chi connectivity index (χ0) is 17.9. The lowest BCUT2D eigenvalue weighted by Gasteiger charge is -2.16. The largest absolute Gasteiger partial charge is 0.494 e. The fourth-order valence-corrected chi connectivity index (χ4v) is 2.63. The number of nitrogens with zero attached hydrogens (tertiary/aromatic N) is 1. The highest BCUT2D eigenvalue weighted by Gasteiger charge is 2.32. The number of hydrogen-bond acceptors (Lipinski definition) is 3. The van der Waals surface area contributed by atoms with Crippen molar-refractivity contribution < 1.29 is 14.3 Å². The molecule has 2 rings (SSSR count). The Morgan fingerprint density at radius 2 is 2.04 bits per heavy atom. The van der Waals surface area contributed by atoms with Crippen molar-refractivity contribution in [2.45, 2.75) is 33.6 Å². The molecule has 0 unspecified atom stereocenters. The second-order valence-corrected chi connectivity index (χ2v) is 6.03. The van der Waals surface area contributed by atoms with Gasteiger partial charge in [0.2, 0.25) is 0 Å². The fraction of sp³-hybridized carbons (Fsp3) is 0.368. The highest BCUT2D eigenvalue weighted by atomic mass is 16.5. The van der Waals surface area contributed by atoms with E-state index in [1.807, 2.05) is 26.0 Å². The maximum Gasteiger partial charge on any atom is 0.329 e. The summed E-state index contributed by atoms with van der Waals surface area (Å²) < 4.78 is 5.71. The third-order valence-electron chi connectivity index (χ3n) is 3.89. The third-order valence-corrected chi connectivity index (χ3v) is 3.89. The van der Waals surface area contributed by atoms with Crippen molar-refractivity contribution in [3.8, 4) is 5.75 Å². The number of imide groups is 1. The molecule has 1 aliphatic heterocycles. The number of benzene rings is 1. The standard InChI is InChI=1S/C19H24N2O3/c1-6-8-21-18(22)16(20-19(21)23)11-14-10-15(12(3)4)17(24-7-2)9-13(14)5/h6,9-12H,1,7-8H2,2-5H3,(H,20,23)/b16-11+. The van der Waals surface area contributed by atoms with Gasteiger partial charge in [0, 0.05) is 6.54 Å². The fourth-order valence-electron chi connectivity index (χ4n) is 2.63. The number of carbonyl (C=O) groups excluding carboxylic acids is 2. The first-order valence-corrected chi connectivity index (χ1v) is 8.11. The number of nitrogens with one attached hydrogen (secondary N) is 1. The maximum absolute atomic E-state index is 12.3. The molecule has 0 radical (unpaired) electrons. The van der Waals surface area contributed by atoms with Crippen LogP contribution in [0.5, 0.6) is 5.75 Å². The van der Waals surface area contributed by atoms with Crippen LogP contribution in [0, 0.1) is 6.92 Å². The molecule has 24 heavy (non-hydrogen) atoms. The quantitative estimate of drug-likeness (QED) is 0.493. The van der Waals surface area contributed by atoms with Gasteiger partial charge in [-0.3, -0.25) is 9.69 Å². The molecule has 1 aromatic rings. The Morgan fingerprint density at radius 1 is 1.33 bits per heavy atom. The number of amides is 3. The lowest BCUT2D eigenvalue weighted by Crippen LogP contribution is -2.30. The van der Waals surface area contributed by atoms with E-state index in [1.165, 1.54) is 6.08 Å². The van der Waals surface area contributed by atoms with E-state index in [0.29, 0.717) is 6.61 Å². The summed E-state index contributed by atoms with van der Waals surface area (Å²) in [4.78, 5) is 25.3. The second-order valence-electron chi connectivity index (χ2n) is 6.03. The lowest BCUT2D eigenvalue weighted by molar-refractivity contribution is -0.122. The molecular formula is C19H24N2O3. The second kappa shape index (κ2) is 7.34. The van der Waals surface area contributed by atoms with Crippen molar-refractivity contribution in [3.63, 3.8) is 0 Å². The SMILES string of the molecule is C=CCN1C(=O)N/C(=C/c2cc(C(C)C)c(OCC)cc2C)C1=O. The summed E-state index contributed by atoms with van der Waals surface area (Å²) in [5, 5.41) is 2.62. The van der Waals surface area contributed by atoms with Crippen LogP contribution in [-0.4, -0.2) is 30.0 Å². The molecule has 3 amide bonds. The molecular weight excluding hydrogens is 304 g/mol. The van der Waals surface area contributed by atoms with Gasteiger partial charge >= 0.3 is 6.03 Å². The Morgan fingerprint density at radius 3 is 2.62 bits per heavy atom. The molecule has 1 aromatic carbocycles. The van der Waals surface area contributed by atoms with Crippen molar-refractivity contribution >= 4 is 18.0 Å². The number of rotatable bonds is 6. The predicted molar refractivity (Wildman–Crippen MR) is 94.9 cm³/mol. The topological polar surface area (TPSA) is 58.6 Å². The van der Waals surface area contributed by atoms with E-state index in [2.05, 4.69) is 25.7 Å². The third kappa shape index (κ3) is 3.50. The van der Waals surface area contributed by atoms with Gasteiger partial charge in [0.25, 0.3) is 5.91 Å². The van der Waals surface area contributed by atoms with Gasteiger partial charge in [-0.2, -0.15) is 0 Å². The van der Waals surface area contributed by atoms with E-state index < -0.39 is 6.03 Å². The molecule has 1 aliphatic rings. The van der Waals surface area contributed by atoms with E-state index in [9.17, 15) is 9.59 Å². The van der Waals surface area contributed by atoms with Gasteiger partial charge in [-0.1, -0.05) is 19.9 Å². The molecule has 0 aliphatic carbocycles. The minimum atomic E-state index is -0.418. The molecule has 0 aromatic heterocycles. The van der Waals surface area contributed by atoms with Crippen molar-refractivity contribution in [3.05, 3.63) is 47.2 Å². The van der Waals surface area contributed by atoms with E-state index in [1.54, 1.807) is 6.08 Å². The van der Waals surface area contributed by atoms with Crippen molar-refractivity contribution in [1.82, 2.24) is 10.2 Å². The summed E-state index contributed by atoms with van der Waals surface area (Å²) in [5.41, 5.74) is 3.24. The van der Waals surface area contributed by atoms with Crippen LogP contribution in [0.3, 0.4) is 0 Å². The molecule has 128 valence electrons. The Hall–Kier alpha value is -2.56. The van der Waals surface area contributed by atoms with Crippen LogP contribution in [-0.2, 0) is 4.79 Å². The summed E-state index contributed by atoms with van der Waals surface area (Å²) in [6.45, 7) is 12.5. The molecule has 0 saturated carbocycles. The molecule has 1 N–H and O–H groups in total. The van der Waals surface area contributed by atoms with Gasteiger partial charge in [-0.05, 0) is 54.7 Å². The van der Waals surface area contributed by atoms with Crippen LogP contribution in [0.15, 0.2) is 30.5 Å². The monoisotopic (exact) mass is 328 g/mol. The molecule has 1 fully saturated rings. The summed E-state index contributed by atoms with van der Waals surface area (Å²) in [5.74, 6) is 0.817. The average molecular weight is 328 g/mol. The lowest BCUT2D eigenvalue weighted by atomic mass is 9.96. The first-order valence-electron chi connectivity index (χ1n) is 8.11.